The number of aromatic nitrogens is 1. The average Bonchev–Trinajstić information content (AvgIpc) is 2.41. The van der Waals surface area contributed by atoms with Gasteiger partial charge in [-0.05, 0) is 30.5 Å². The molecule has 1 aromatic heterocycles. The molecule has 0 aliphatic rings. The van der Waals surface area contributed by atoms with Gasteiger partial charge in [-0.1, -0.05) is 6.07 Å². The third-order valence-electron chi connectivity index (χ3n) is 2.44. The Morgan fingerprint density at radius 3 is 2.94 bits per heavy atom. The first-order valence-electron chi connectivity index (χ1n) is 5.30. The number of anilines is 3. The number of thioether (sulfide) groups is 1. The van der Waals surface area contributed by atoms with Crippen LogP contribution in [0.1, 0.15) is 5.56 Å². The molecule has 0 atom stereocenters. The van der Waals surface area contributed by atoms with Gasteiger partial charge in [0.1, 0.15) is 6.07 Å². The lowest BCUT2D eigenvalue weighted by Crippen LogP contribution is -2.01. The molecular formula is C13H12N4S. The third kappa shape index (κ3) is 2.55. The van der Waals surface area contributed by atoms with Gasteiger partial charge in [-0.15, -0.1) is 11.8 Å². The van der Waals surface area contributed by atoms with Crippen molar-refractivity contribution < 1.29 is 0 Å². The fourth-order valence-corrected chi connectivity index (χ4v) is 1.97. The minimum Gasteiger partial charge on any atom is -0.395 e. The lowest BCUT2D eigenvalue weighted by molar-refractivity contribution is 1.29. The second-order valence-electron chi connectivity index (χ2n) is 3.59. The smallest absolute Gasteiger partial charge is 0.154 e. The highest BCUT2D eigenvalue weighted by atomic mass is 32.2. The summed E-state index contributed by atoms with van der Waals surface area (Å²) in [6, 6.07) is 11.5. The minimum absolute atomic E-state index is 0.370. The van der Waals surface area contributed by atoms with E-state index in [4.69, 9.17) is 11.0 Å². The SMILES string of the molecule is CSc1cccc(Nc2nccc(C#N)c2N)c1. The van der Waals surface area contributed by atoms with Crippen LogP contribution in [0.5, 0.6) is 0 Å². The van der Waals surface area contributed by atoms with Crippen molar-refractivity contribution in [3.8, 4) is 6.07 Å². The molecule has 4 nitrogen and oxygen atoms in total. The summed E-state index contributed by atoms with van der Waals surface area (Å²) in [7, 11) is 0. The van der Waals surface area contributed by atoms with Gasteiger partial charge < -0.3 is 11.1 Å². The number of hydrogen-bond donors (Lipinski definition) is 2. The molecule has 0 aliphatic heterocycles. The Labute approximate surface area is 110 Å². The third-order valence-corrected chi connectivity index (χ3v) is 3.17. The molecule has 2 rings (SSSR count). The van der Waals surface area contributed by atoms with Crippen LogP contribution >= 0.6 is 11.8 Å². The number of pyridine rings is 1. The largest absolute Gasteiger partial charge is 0.395 e. The summed E-state index contributed by atoms with van der Waals surface area (Å²) in [5, 5.41) is 12.0. The monoisotopic (exact) mass is 256 g/mol. The molecular weight excluding hydrogens is 244 g/mol. The zero-order valence-electron chi connectivity index (χ0n) is 9.84. The topological polar surface area (TPSA) is 74.7 Å². The number of nitriles is 1. The summed E-state index contributed by atoms with van der Waals surface area (Å²) < 4.78 is 0. The summed E-state index contributed by atoms with van der Waals surface area (Å²) in [6.45, 7) is 0. The van der Waals surface area contributed by atoms with Crippen molar-refractivity contribution in [2.45, 2.75) is 4.90 Å². The van der Waals surface area contributed by atoms with Crippen molar-refractivity contribution in [2.24, 2.45) is 0 Å². The number of nitrogens with two attached hydrogens (primary N) is 1. The van der Waals surface area contributed by atoms with Crippen LogP contribution in [0.25, 0.3) is 0 Å². The molecule has 0 unspecified atom stereocenters. The fourth-order valence-electron chi connectivity index (χ4n) is 1.51. The molecule has 18 heavy (non-hydrogen) atoms. The Morgan fingerprint density at radius 2 is 2.22 bits per heavy atom. The maximum absolute atomic E-state index is 8.90. The molecule has 0 fully saturated rings. The second-order valence-corrected chi connectivity index (χ2v) is 4.47. The van der Waals surface area contributed by atoms with E-state index < -0.39 is 0 Å². The quantitative estimate of drug-likeness (QED) is 0.826. The number of nitrogens with one attached hydrogen (secondary N) is 1. The van der Waals surface area contributed by atoms with Gasteiger partial charge in [0.25, 0.3) is 0 Å². The van der Waals surface area contributed by atoms with Crippen LogP contribution in [0.3, 0.4) is 0 Å². The Kier molecular flexibility index (Phi) is 3.70. The average molecular weight is 256 g/mol. The number of hydrogen-bond acceptors (Lipinski definition) is 5. The van der Waals surface area contributed by atoms with Crippen molar-refractivity contribution in [1.29, 1.82) is 5.26 Å². The molecule has 0 bridgehead atoms. The zero-order valence-corrected chi connectivity index (χ0v) is 10.7. The predicted molar refractivity (Wildman–Crippen MR) is 74.9 cm³/mol. The van der Waals surface area contributed by atoms with Gasteiger partial charge in [0.05, 0.1) is 11.3 Å². The van der Waals surface area contributed by atoms with Gasteiger partial charge in [-0.25, -0.2) is 4.98 Å². The van der Waals surface area contributed by atoms with E-state index in [1.165, 1.54) is 0 Å². The van der Waals surface area contributed by atoms with Gasteiger partial charge in [-0.3, -0.25) is 0 Å². The van der Waals surface area contributed by atoms with Crippen LogP contribution in [0.2, 0.25) is 0 Å². The Morgan fingerprint density at radius 1 is 1.39 bits per heavy atom. The summed E-state index contributed by atoms with van der Waals surface area (Å²) in [4.78, 5) is 5.29. The van der Waals surface area contributed by atoms with Crippen LogP contribution in [0, 0.1) is 11.3 Å². The normalized spacial score (nSPS) is 9.78. The Hall–Kier alpha value is -2.19. The van der Waals surface area contributed by atoms with Gasteiger partial charge in [0.15, 0.2) is 5.82 Å². The fraction of sp³-hybridized carbons (Fsp3) is 0.0769. The van der Waals surface area contributed by atoms with Crippen molar-refractivity contribution in [3.05, 3.63) is 42.1 Å². The predicted octanol–water partition coefficient (Wildman–Crippen LogP) is 3.00. The van der Waals surface area contributed by atoms with E-state index in [1.54, 1.807) is 24.0 Å². The van der Waals surface area contributed by atoms with Gasteiger partial charge in [-0.2, -0.15) is 5.26 Å². The Balaban J connectivity index is 2.31. The lowest BCUT2D eigenvalue weighted by Gasteiger charge is -2.09. The van der Waals surface area contributed by atoms with Crippen LogP contribution in [-0.4, -0.2) is 11.2 Å². The molecule has 0 amide bonds. The highest BCUT2D eigenvalue weighted by Gasteiger charge is 2.06. The van der Waals surface area contributed by atoms with Crippen molar-refractivity contribution >= 4 is 29.0 Å². The van der Waals surface area contributed by atoms with Gasteiger partial charge >= 0.3 is 0 Å². The van der Waals surface area contributed by atoms with E-state index in [2.05, 4.69) is 10.3 Å². The molecule has 0 radical (unpaired) electrons. The van der Waals surface area contributed by atoms with E-state index in [1.807, 2.05) is 36.6 Å². The Bertz CT molecular complexity index is 604. The highest BCUT2D eigenvalue weighted by molar-refractivity contribution is 7.98. The highest BCUT2D eigenvalue weighted by Crippen LogP contribution is 2.25. The van der Waals surface area contributed by atoms with Crippen molar-refractivity contribution in [2.75, 3.05) is 17.3 Å². The van der Waals surface area contributed by atoms with E-state index >= 15 is 0 Å². The molecule has 3 N–H and O–H groups in total. The van der Waals surface area contributed by atoms with Crippen LogP contribution in [-0.2, 0) is 0 Å². The number of nitrogens with zero attached hydrogens (tertiary/aromatic N) is 2. The molecule has 1 heterocycles. The first-order valence-corrected chi connectivity index (χ1v) is 6.52. The van der Waals surface area contributed by atoms with E-state index in [0.717, 1.165) is 10.6 Å². The van der Waals surface area contributed by atoms with E-state index in [0.29, 0.717) is 17.1 Å². The van der Waals surface area contributed by atoms with Crippen LogP contribution in [0.15, 0.2) is 41.4 Å². The van der Waals surface area contributed by atoms with Gasteiger partial charge in [0.2, 0.25) is 0 Å². The number of rotatable bonds is 3. The first-order chi connectivity index (χ1) is 8.74. The molecule has 0 spiro atoms. The molecule has 0 aliphatic carbocycles. The van der Waals surface area contributed by atoms with Crippen molar-refractivity contribution in [3.63, 3.8) is 0 Å². The second kappa shape index (κ2) is 5.43. The number of benzene rings is 1. The number of nitrogen functional groups attached to an aromatic ring is 1. The van der Waals surface area contributed by atoms with Crippen LogP contribution in [0.4, 0.5) is 17.2 Å². The van der Waals surface area contributed by atoms with Crippen LogP contribution < -0.4 is 11.1 Å². The molecule has 2 aromatic rings. The summed E-state index contributed by atoms with van der Waals surface area (Å²) >= 11 is 1.66. The van der Waals surface area contributed by atoms with Gasteiger partial charge in [0, 0.05) is 16.8 Å². The first kappa shape index (κ1) is 12.3. The van der Waals surface area contributed by atoms with E-state index in [-0.39, 0.29) is 0 Å². The molecule has 90 valence electrons. The molecule has 0 saturated carbocycles. The maximum atomic E-state index is 8.90. The minimum atomic E-state index is 0.370. The van der Waals surface area contributed by atoms with Crippen molar-refractivity contribution in [1.82, 2.24) is 4.98 Å². The summed E-state index contributed by atoms with van der Waals surface area (Å²) in [6.07, 6.45) is 3.58. The molecule has 0 saturated heterocycles. The summed E-state index contributed by atoms with van der Waals surface area (Å²) in [5.74, 6) is 0.507. The molecule has 1 aromatic carbocycles. The maximum Gasteiger partial charge on any atom is 0.154 e. The standard InChI is InChI=1S/C13H12N4S/c1-18-11-4-2-3-10(7-11)17-13-12(15)9(8-14)5-6-16-13/h2-7H,15H2,1H3,(H,16,17). The summed E-state index contributed by atoms with van der Waals surface area (Å²) in [5.41, 5.74) is 7.55. The van der Waals surface area contributed by atoms with E-state index in [9.17, 15) is 0 Å². The zero-order chi connectivity index (χ0) is 13.0. The molecule has 5 heteroatoms. The lowest BCUT2D eigenvalue weighted by atomic mass is 10.2.